The fraction of sp³-hybridized carbons (Fsp3) is 0.261. The lowest BCUT2D eigenvalue weighted by atomic mass is 9.87. The van der Waals surface area contributed by atoms with Crippen molar-refractivity contribution in [2.75, 3.05) is 18.0 Å². The van der Waals surface area contributed by atoms with Crippen molar-refractivity contribution < 1.29 is 0 Å². The molecule has 0 N–H and O–H groups in total. The summed E-state index contributed by atoms with van der Waals surface area (Å²) in [4.78, 5) is 8.33. The van der Waals surface area contributed by atoms with Crippen molar-refractivity contribution in [1.29, 1.82) is 5.26 Å². The summed E-state index contributed by atoms with van der Waals surface area (Å²) in [5.41, 5.74) is 5.14. The van der Waals surface area contributed by atoms with Gasteiger partial charge >= 0.3 is 0 Å². The molecule has 6 heteroatoms. The van der Waals surface area contributed by atoms with Gasteiger partial charge in [0.1, 0.15) is 0 Å². The van der Waals surface area contributed by atoms with Crippen LogP contribution < -0.4 is 4.90 Å². The summed E-state index contributed by atoms with van der Waals surface area (Å²) >= 11 is 1.77. The second-order valence-electron chi connectivity index (χ2n) is 7.51. The molecule has 2 aromatic heterocycles. The van der Waals surface area contributed by atoms with Gasteiger partial charge in [-0.1, -0.05) is 24.3 Å². The third kappa shape index (κ3) is 3.74. The molecule has 1 atom stereocenters. The third-order valence-corrected chi connectivity index (χ3v) is 6.58. The molecule has 5 rings (SSSR count). The second kappa shape index (κ2) is 7.69. The first-order valence-corrected chi connectivity index (χ1v) is 10.7. The lowest BCUT2D eigenvalue weighted by molar-refractivity contribution is 0.683. The van der Waals surface area contributed by atoms with E-state index in [9.17, 15) is 5.26 Å². The van der Waals surface area contributed by atoms with E-state index in [1.165, 1.54) is 21.6 Å². The van der Waals surface area contributed by atoms with Crippen molar-refractivity contribution in [1.82, 2.24) is 14.8 Å². The molecular formula is C23H21N5S. The van der Waals surface area contributed by atoms with Crippen LogP contribution in [0.4, 0.5) is 5.13 Å². The van der Waals surface area contributed by atoms with Crippen LogP contribution in [0.25, 0.3) is 5.69 Å². The first-order valence-electron chi connectivity index (χ1n) is 9.86. The van der Waals surface area contributed by atoms with Crippen LogP contribution >= 0.6 is 11.3 Å². The third-order valence-electron chi connectivity index (χ3n) is 5.52. The van der Waals surface area contributed by atoms with E-state index in [1.54, 1.807) is 17.5 Å². The van der Waals surface area contributed by atoms with Gasteiger partial charge in [-0.2, -0.15) is 10.4 Å². The standard InChI is InChI=1S/C23H21N5S/c24-14-18-5-6-19-7-10-27(16-20(19)11-18)23-25-15-22(29-23)13-17-3-1-4-21(12-17)28-9-2-8-26-28/h1-6,8-9,12,15,18H,7,10-11,13,16H2. The van der Waals surface area contributed by atoms with E-state index in [0.717, 1.165) is 43.2 Å². The van der Waals surface area contributed by atoms with Gasteiger partial charge < -0.3 is 4.90 Å². The molecule has 1 aliphatic carbocycles. The van der Waals surface area contributed by atoms with Gasteiger partial charge in [0.15, 0.2) is 5.13 Å². The van der Waals surface area contributed by atoms with Crippen LogP contribution in [0.15, 0.2) is 72.2 Å². The molecule has 1 unspecified atom stereocenters. The van der Waals surface area contributed by atoms with Gasteiger partial charge in [-0.3, -0.25) is 0 Å². The van der Waals surface area contributed by atoms with Gasteiger partial charge in [0.2, 0.25) is 0 Å². The fourth-order valence-electron chi connectivity index (χ4n) is 4.01. The lowest BCUT2D eigenvalue weighted by Gasteiger charge is -2.32. The molecule has 0 fully saturated rings. The van der Waals surface area contributed by atoms with Crippen molar-refractivity contribution in [2.24, 2.45) is 5.92 Å². The van der Waals surface area contributed by atoms with Crippen LogP contribution in [0.5, 0.6) is 0 Å². The summed E-state index contributed by atoms with van der Waals surface area (Å²) in [7, 11) is 0. The summed E-state index contributed by atoms with van der Waals surface area (Å²) in [6.07, 6.45) is 12.7. The molecule has 1 aliphatic heterocycles. The Bertz CT molecular complexity index is 1120. The van der Waals surface area contributed by atoms with E-state index in [4.69, 9.17) is 4.98 Å². The van der Waals surface area contributed by atoms with E-state index in [0.29, 0.717) is 0 Å². The Morgan fingerprint density at radius 2 is 2.24 bits per heavy atom. The zero-order valence-corrected chi connectivity index (χ0v) is 16.8. The first kappa shape index (κ1) is 17.9. The average Bonchev–Trinajstić information content (AvgIpc) is 3.46. The Labute approximate surface area is 174 Å². The van der Waals surface area contributed by atoms with Gasteiger partial charge in [-0.15, -0.1) is 11.3 Å². The predicted octanol–water partition coefficient (Wildman–Crippen LogP) is 4.53. The molecule has 2 aliphatic rings. The Hall–Kier alpha value is -3.17. The Balaban J connectivity index is 1.30. The minimum atomic E-state index is 0.0163. The number of allylic oxidation sites excluding steroid dienone is 2. The van der Waals surface area contributed by atoms with E-state index in [1.807, 2.05) is 29.2 Å². The molecule has 3 aromatic rings. The SMILES string of the molecule is N#CC1C=CC2=C(C1)CN(c1ncc(Cc3cccc(-n4cccn4)c3)s1)CC2. The largest absolute Gasteiger partial charge is 0.344 e. The molecule has 0 bridgehead atoms. The van der Waals surface area contributed by atoms with Crippen LogP contribution in [0, 0.1) is 17.2 Å². The second-order valence-corrected chi connectivity index (χ2v) is 8.60. The number of anilines is 1. The highest BCUT2D eigenvalue weighted by Crippen LogP contribution is 2.33. The zero-order valence-electron chi connectivity index (χ0n) is 16.0. The number of benzene rings is 1. The summed E-state index contributed by atoms with van der Waals surface area (Å²) < 4.78 is 1.88. The molecule has 1 aromatic carbocycles. The number of hydrogen-bond acceptors (Lipinski definition) is 5. The molecule has 0 radical (unpaired) electrons. The van der Waals surface area contributed by atoms with E-state index in [-0.39, 0.29) is 5.92 Å². The Morgan fingerprint density at radius 1 is 1.28 bits per heavy atom. The number of thiazole rings is 1. The molecule has 3 heterocycles. The summed E-state index contributed by atoms with van der Waals surface area (Å²) in [5.74, 6) is 0.0163. The van der Waals surface area contributed by atoms with Crippen molar-refractivity contribution in [2.45, 2.75) is 19.3 Å². The van der Waals surface area contributed by atoms with Crippen LogP contribution in [0.2, 0.25) is 0 Å². The first-order chi connectivity index (χ1) is 14.3. The quantitative estimate of drug-likeness (QED) is 0.647. The molecule has 0 saturated carbocycles. The number of rotatable bonds is 4. The number of nitriles is 1. The lowest BCUT2D eigenvalue weighted by Crippen LogP contribution is -2.32. The minimum absolute atomic E-state index is 0.0163. The number of hydrogen-bond donors (Lipinski definition) is 0. The van der Waals surface area contributed by atoms with Gasteiger partial charge in [0.25, 0.3) is 0 Å². The van der Waals surface area contributed by atoms with Crippen LogP contribution in [0.3, 0.4) is 0 Å². The maximum absolute atomic E-state index is 9.23. The number of nitrogens with zero attached hydrogens (tertiary/aromatic N) is 5. The van der Waals surface area contributed by atoms with Crippen molar-refractivity contribution in [3.63, 3.8) is 0 Å². The highest BCUT2D eigenvalue weighted by molar-refractivity contribution is 7.15. The fourth-order valence-corrected chi connectivity index (χ4v) is 4.98. The predicted molar refractivity (Wildman–Crippen MR) is 115 cm³/mol. The topological polar surface area (TPSA) is 57.7 Å². The van der Waals surface area contributed by atoms with Gasteiger partial charge in [-0.25, -0.2) is 9.67 Å². The Morgan fingerprint density at radius 3 is 3.10 bits per heavy atom. The maximum atomic E-state index is 9.23. The number of aromatic nitrogens is 3. The van der Waals surface area contributed by atoms with Crippen LogP contribution in [-0.4, -0.2) is 27.9 Å². The molecule has 29 heavy (non-hydrogen) atoms. The molecule has 5 nitrogen and oxygen atoms in total. The molecule has 0 spiro atoms. The Kier molecular flexibility index (Phi) is 4.74. The molecule has 0 amide bonds. The van der Waals surface area contributed by atoms with Crippen molar-refractivity contribution >= 4 is 16.5 Å². The van der Waals surface area contributed by atoms with E-state index in [2.05, 4.69) is 46.4 Å². The molecule has 144 valence electrons. The molecule has 0 saturated heterocycles. The summed E-state index contributed by atoms with van der Waals surface area (Å²) in [5, 5.41) is 14.6. The van der Waals surface area contributed by atoms with Crippen molar-refractivity contribution in [3.8, 4) is 11.8 Å². The summed E-state index contributed by atoms with van der Waals surface area (Å²) in [6.45, 7) is 1.88. The highest BCUT2D eigenvalue weighted by atomic mass is 32.1. The summed E-state index contributed by atoms with van der Waals surface area (Å²) in [6, 6.07) is 12.8. The minimum Gasteiger partial charge on any atom is -0.344 e. The van der Waals surface area contributed by atoms with Crippen LogP contribution in [0.1, 0.15) is 23.3 Å². The van der Waals surface area contributed by atoms with Gasteiger partial charge in [0.05, 0.1) is 17.7 Å². The zero-order chi connectivity index (χ0) is 19.6. The highest BCUT2D eigenvalue weighted by Gasteiger charge is 2.24. The maximum Gasteiger partial charge on any atom is 0.185 e. The smallest absolute Gasteiger partial charge is 0.185 e. The van der Waals surface area contributed by atoms with Crippen molar-refractivity contribution in [3.05, 3.63) is 82.7 Å². The van der Waals surface area contributed by atoms with Gasteiger partial charge in [0, 0.05) is 43.0 Å². The van der Waals surface area contributed by atoms with E-state index < -0.39 is 0 Å². The monoisotopic (exact) mass is 399 g/mol. The van der Waals surface area contributed by atoms with Gasteiger partial charge in [-0.05, 0) is 47.8 Å². The average molecular weight is 400 g/mol. The van der Waals surface area contributed by atoms with E-state index >= 15 is 0 Å². The normalized spacial score (nSPS) is 18.6. The molecular weight excluding hydrogens is 378 g/mol. The van der Waals surface area contributed by atoms with Crippen LogP contribution in [-0.2, 0) is 6.42 Å².